The fraction of sp³-hybridized carbons (Fsp3) is 0.667. The molecule has 0 saturated carbocycles. The number of carbonyl (C=O) groups is 6. The van der Waals surface area contributed by atoms with Gasteiger partial charge in [0.25, 0.3) is 0 Å². The van der Waals surface area contributed by atoms with E-state index in [4.69, 9.17) is 10.2 Å². The molecule has 4 N–H and O–H groups in total. The maximum Gasteiger partial charge on any atom is 0.314 e. The lowest BCUT2D eigenvalue weighted by Gasteiger charge is -1.95. The van der Waals surface area contributed by atoms with E-state index in [1.165, 1.54) is 21.3 Å². The molecular formula is C18H33NO11. The lowest BCUT2D eigenvalue weighted by Crippen LogP contribution is -2.04. The number of esters is 4. The lowest BCUT2D eigenvalue weighted by atomic mass is 10.2. The Bertz CT molecular complexity index is 488. The van der Waals surface area contributed by atoms with Crippen LogP contribution in [0.3, 0.4) is 0 Å². The molecular weight excluding hydrogens is 406 g/mol. The largest absolute Gasteiger partial charge is 0.481 e. The van der Waals surface area contributed by atoms with E-state index in [1.807, 2.05) is 0 Å². The average Bonchev–Trinajstić information content (AvgIpc) is 3.15. The van der Waals surface area contributed by atoms with Gasteiger partial charge in [0.15, 0.2) is 0 Å². The molecule has 0 bridgehead atoms. The van der Waals surface area contributed by atoms with Crippen LogP contribution in [-0.4, -0.2) is 74.2 Å². The second kappa shape index (κ2) is 26.1. The molecule has 1 fully saturated rings. The first-order chi connectivity index (χ1) is 14.2. The number of aliphatic hydroxyl groups is 1. The number of carbonyl (C=O) groups excluding carboxylic acids is 5. The molecule has 30 heavy (non-hydrogen) atoms. The Kier molecular flexibility index (Phi) is 30.2. The van der Waals surface area contributed by atoms with Crippen molar-refractivity contribution in [1.29, 1.82) is 0 Å². The molecule has 1 aliphatic rings. The first-order valence-electron chi connectivity index (χ1n) is 8.79. The zero-order valence-corrected chi connectivity index (χ0v) is 18.1. The molecule has 12 nitrogen and oxygen atoms in total. The summed E-state index contributed by atoms with van der Waals surface area (Å²) in [5.74, 6) is -2.49. The first-order valence-corrected chi connectivity index (χ1v) is 8.79. The van der Waals surface area contributed by atoms with Crippen LogP contribution in [0.2, 0.25) is 0 Å². The summed E-state index contributed by atoms with van der Waals surface area (Å²) in [7, 11) is 5.04. The van der Waals surface area contributed by atoms with E-state index in [0.717, 1.165) is 7.11 Å². The van der Waals surface area contributed by atoms with E-state index in [2.05, 4.69) is 19.9 Å². The van der Waals surface area contributed by atoms with Crippen LogP contribution in [0.4, 0.5) is 0 Å². The molecule has 0 aromatic rings. The number of aliphatic carboxylic acids is 1. The van der Waals surface area contributed by atoms with Gasteiger partial charge in [-0.3, -0.25) is 28.8 Å². The van der Waals surface area contributed by atoms with Crippen LogP contribution in [-0.2, 0) is 43.0 Å². The van der Waals surface area contributed by atoms with Crippen LogP contribution < -0.4 is 5.73 Å². The van der Waals surface area contributed by atoms with Gasteiger partial charge in [-0.25, -0.2) is 0 Å². The van der Waals surface area contributed by atoms with Gasteiger partial charge in [-0.05, 0) is 7.05 Å². The monoisotopic (exact) mass is 439 g/mol. The van der Waals surface area contributed by atoms with E-state index in [0.29, 0.717) is 12.8 Å². The smallest absolute Gasteiger partial charge is 0.314 e. The van der Waals surface area contributed by atoms with Crippen LogP contribution in [0, 0.1) is 0 Å². The normalized spacial score (nSPS) is 10.6. The van der Waals surface area contributed by atoms with Crippen molar-refractivity contribution in [1.82, 2.24) is 0 Å². The zero-order valence-electron chi connectivity index (χ0n) is 18.1. The lowest BCUT2D eigenvalue weighted by molar-refractivity contribution is -0.152. The van der Waals surface area contributed by atoms with Crippen molar-refractivity contribution in [3.05, 3.63) is 0 Å². The van der Waals surface area contributed by atoms with Gasteiger partial charge < -0.3 is 30.2 Å². The van der Waals surface area contributed by atoms with Crippen LogP contribution in [0.5, 0.6) is 0 Å². The van der Waals surface area contributed by atoms with E-state index in [9.17, 15) is 28.8 Å². The molecule has 0 unspecified atom stereocenters. The average molecular weight is 439 g/mol. The molecule has 0 aliphatic carbocycles. The van der Waals surface area contributed by atoms with E-state index >= 15 is 0 Å². The third-order valence-corrected chi connectivity index (χ3v) is 2.76. The van der Waals surface area contributed by atoms with Crippen LogP contribution in [0.25, 0.3) is 0 Å². The number of rotatable bonds is 7. The summed E-state index contributed by atoms with van der Waals surface area (Å²) in [5.41, 5.74) is 4.50. The molecule has 0 aromatic heterocycles. The van der Waals surface area contributed by atoms with Gasteiger partial charge in [0.05, 0.1) is 46.3 Å². The molecule has 1 saturated heterocycles. The highest BCUT2D eigenvalue weighted by Crippen LogP contribution is 2.03. The predicted molar refractivity (Wildman–Crippen MR) is 104 cm³/mol. The Labute approximate surface area is 175 Å². The fourth-order valence-corrected chi connectivity index (χ4v) is 1.26. The minimum atomic E-state index is -0.986. The fourth-order valence-electron chi connectivity index (χ4n) is 1.26. The van der Waals surface area contributed by atoms with Gasteiger partial charge in [-0.2, -0.15) is 0 Å². The predicted octanol–water partition coefficient (Wildman–Crippen LogP) is -0.0237. The van der Waals surface area contributed by atoms with Crippen molar-refractivity contribution < 1.29 is 53.2 Å². The molecule has 1 heterocycles. The molecule has 1 rings (SSSR count). The summed E-state index contributed by atoms with van der Waals surface area (Å²) in [6.07, 6.45) is 1.33. The summed E-state index contributed by atoms with van der Waals surface area (Å²) < 4.78 is 12.6. The maximum atomic E-state index is 10.6. The maximum absolute atomic E-state index is 10.6. The molecule has 0 atom stereocenters. The Morgan fingerprint density at radius 1 is 0.867 bits per heavy atom. The van der Waals surface area contributed by atoms with Crippen molar-refractivity contribution in [2.75, 3.05) is 28.4 Å². The van der Waals surface area contributed by atoms with Gasteiger partial charge in [0, 0.05) is 20.0 Å². The molecule has 0 aromatic carbocycles. The number of Topliss-reactive ketones (excluding diaryl/α,β-unsaturated/α-hetero) is 1. The highest BCUT2D eigenvalue weighted by Gasteiger charge is 2.19. The summed E-state index contributed by atoms with van der Waals surface area (Å²) in [5, 5.41) is 15.1. The number of methoxy groups -OCH3 is 2. The first kappa shape index (κ1) is 34.6. The van der Waals surface area contributed by atoms with Crippen LogP contribution in [0.15, 0.2) is 0 Å². The van der Waals surface area contributed by atoms with E-state index in [1.54, 1.807) is 6.92 Å². The summed E-state index contributed by atoms with van der Waals surface area (Å²) in [6, 6.07) is 0. The number of hydrogen-bond acceptors (Lipinski definition) is 11. The number of ether oxygens (including phenoxy) is 3. The molecule has 1 aliphatic heterocycles. The zero-order chi connectivity index (χ0) is 24.5. The second-order valence-corrected chi connectivity index (χ2v) is 4.78. The van der Waals surface area contributed by atoms with Gasteiger partial charge in [0.1, 0.15) is 5.78 Å². The number of carboxylic acid groups (broad SMARTS) is 1. The third kappa shape index (κ3) is 29.9. The number of hydrogen-bond donors (Lipinski definition) is 3. The standard InChI is InChI=1S/C7H12O3.C5H8O4.C4H4O3.CH5N.CH4O/c1-3-6(8)4-5-7(9)10-2;1-9-5(8)3-2-4(6)7;5-3-1-2-4(6)7-3;2*1-2/h3-5H2,1-2H3;2-3H2,1H3,(H,6,7);1-2H2;2H2,1H3;2H,1H3. The van der Waals surface area contributed by atoms with Gasteiger partial charge in [-0.1, -0.05) is 6.92 Å². The highest BCUT2D eigenvalue weighted by molar-refractivity contribution is 5.92. The van der Waals surface area contributed by atoms with Gasteiger partial charge in [0.2, 0.25) is 0 Å². The molecule has 12 heteroatoms. The summed E-state index contributed by atoms with van der Waals surface area (Å²) in [4.78, 5) is 61.1. The van der Waals surface area contributed by atoms with Crippen molar-refractivity contribution in [3.63, 3.8) is 0 Å². The van der Waals surface area contributed by atoms with Crippen LogP contribution in [0.1, 0.15) is 51.9 Å². The SMILES string of the molecule is CCC(=O)CCC(=O)OC.CN.CO.COC(=O)CCC(=O)O.O=C1CCC(=O)O1. The molecule has 0 radical (unpaired) electrons. The van der Waals surface area contributed by atoms with Gasteiger partial charge in [-0.15, -0.1) is 0 Å². The quantitative estimate of drug-likeness (QED) is 0.272. The third-order valence-electron chi connectivity index (χ3n) is 2.76. The summed E-state index contributed by atoms with van der Waals surface area (Å²) in [6.45, 7) is 1.78. The molecule has 176 valence electrons. The molecule has 0 spiro atoms. The molecule has 0 amide bonds. The number of carboxylic acids is 1. The van der Waals surface area contributed by atoms with E-state index < -0.39 is 23.9 Å². The van der Waals surface area contributed by atoms with Crippen molar-refractivity contribution in [2.24, 2.45) is 5.73 Å². The van der Waals surface area contributed by atoms with Crippen molar-refractivity contribution >= 4 is 35.6 Å². The van der Waals surface area contributed by atoms with Crippen LogP contribution >= 0.6 is 0 Å². The minimum absolute atomic E-state index is 0.0498. The van der Waals surface area contributed by atoms with Crippen molar-refractivity contribution in [3.8, 4) is 0 Å². The van der Waals surface area contributed by atoms with Crippen molar-refractivity contribution in [2.45, 2.75) is 51.9 Å². The topological polar surface area (TPSA) is 197 Å². The number of nitrogens with two attached hydrogens (primary N) is 1. The number of ketones is 1. The van der Waals surface area contributed by atoms with E-state index in [-0.39, 0.29) is 43.9 Å². The summed E-state index contributed by atoms with van der Waals surface area (Å²) >= 11 is 0. The Hall–Kier alpha value is -2.86. The highest BCUT2D eigenvalue weighted by atomic mass is 16.6. The Balaban J connectivity index is -0.000000157. The second-order valence-electron chi connectivity index (χ2n) is 4.78. The Morgan fingerprint density at radius 3 is 1.47 bits per heavy atom. The Morgan fingerprint density at radius 2 is 1.23 bits per heavy atom. The number of aliphatic hydroxyl groups excluding tert-OH is 1. The van der Waals surface area contributed by atoms with Gasteiger partial charge >= 0.3 is 29.8 Å². The minimum Gasteiger partial charge on any atom is -0.481 e. The number of cyclic esters (lactones) is 2.